The third-order valence-corrected chi connectivity index (χ3v) is 7.74. The molecular weight excluding hydrogens is 410 g/mol. The molecule has 33 heavy (non-hydrogen) atoms. The van der Waals surface area contributed by atoms with Crippen molar-refractivity contribution >= 4 is 5.91 Å². The Hall–Kier alpha value is -0.610. The highest BCUT2D eigenvalue weighted by atomic mass is 16.5. The van der Waals surface area contributed by atoms with Crippen LogP contribution in [0.2, 0.25) is 0 Å². The summed E-state index contributed by atoms with van der Waals surface area (Å²) in [4.78, 5) is 12.0. The zero-order chi connectivity index (χ0) is 24.3. The lowest BCUT2D eigenvalue weighted by atomic mass is 9.85. The van der Waals surface area contributed by atoms with Crippen LogP contribution in [-0.2, 0) is 9.53 Å². The summed E-state index contributed by atoms with van der Waals surface area (Å²) < 4.78 is 6.54. The maximum absolute atomic E-state index is 12.0. The number of nitrogens with two attached hydrogens (primary N) is 1. The number of primary amides is 1. The normalized spacial score (nSPS) is 21.6. The van der Waals surface area contributed by atoms with Crippen molar-refractivity contribution in [2.24, 2.45) is 17.6 Å². The van der Waals surface area contributed by atoms with Crippen LogP contribution in [0.4, 0.5) is 0 Å². The van der Waals surface area contributed by atoms with Gasteiger partial charge < -0.3 is 15.6 Å². The number of aliphatic hydroxyl groups excluding tert-OH is 1. The minimum atomic E-state index is -0.328. The summed E-state index contributed by atoms with van der Waals surface area (Å²) in [5.74, 6) is -0.0753. The van der Waals surface area contributed by atoms with Gasteiger partial charge in [0.15, 0.2) is 0 Å². The predicted octanol–water partition coefficient (Wildman–Crippen LogP) is 7.69. The van der Waals surface area contributed by atoms with Gasteiger partial charge in [0.05, 0.1) is 24.2 Å². The first-order valence-electron chi connectivity index (χ1n) is 14.6. The highest BCUT2D eigenvalue weighted by Crippen LogP contribution is 2.30. The van der Waals surface area contributed by atoms with E-state index in [9.17, 15) is 9.90 Å². The number of carbonyl (C=O) groups is 1. The Labute approximate surface area is 205 Å². The van der Waals surface area contributed by atoms with Crippen LogP contribution in [0, 0.1) is 11.8 Å². The molecule has 4 nitrogen and oxygen atoms in total. The van der Waals surface area contributed by atoms with E-state index >= 15 is 0 Å². The molecule has 0 heterocycles. The smallest absolute Gasteiger partial charge is 0.223 e. The molecule has 4 heteroatoms. The molecule has 0 unspecified atom stereocenters. The van der Waals surface area contributed by atoms with Crippen molar-refractivity contribution in [1.29, 1.82) is 0 Å². The van der Waals surface area contributed by atoms with E-state index in [1.807, 2.05) is 0 Å². The second kappa shape index (κ2) is 19.7. The van der Waals surface area contributed by atoms with Gasteiger partial charge in [-0.05, 0) is 38.0 Å². The Morgan fingerprint density at radius 1 is 0.848 bits per heavy atom. The molecule has 5 atom stereocenters. The number of unbranched alkanes of at least 4 members (excludes halogenated alkanes) is 11. The second-order valence-corrected chi connectivity index (χ2v) is 10.8. The third kappa shape index (κ3) is 14.4. The molecule has 1 rings (SSSR count). The molecule has 196 valence electrons. The molecule has 1 amide bonds. The van der Waals surface area contributed by atoms with E-state index in [2.05, 4.69) is 20.8 Å². The van der Waals surface area contributed by atoms with E-state index in [-0.39, 0.29) is 30.1 Å². The molecule has 0 aromatic rings. The van der Waals surface area contributed by atoms with Crippen molar-refractivity contribution in [1.82, 2.24) is 0 Å². The van der Waals surface area contributed by atoms with Crippen LogP contribution >= 0.6 is 0 Å². The molecule has 1 aliphatic carbocycles. The monoisotopic (exact) mass is 467 g/mol. The first kappa shape index (κ1) is 30.4. The fraction of sp³-hybridized carbons (Fsp3) is 0.966. The number of carbonyl (C=O) groups excluding carboxylic acids is 1. The molecule has 1 aliphatic rings. The molecular formula is C29H57NO3. The lowest BCUT2D eigenvalue weighted by Gasteiger charge is -2.34. The summed E-state index contributed by atoms with van der Waals surface area (Å²) >= 11 is 0. The van der Waals surface area contributed by atoms with Gasteiger partial charge in [0.1, 0.15) is 0 Å². The number of hydrogen-bond donors (Lipinski definition) is 2. The van der Waals surface area contributed by atoms with Crippen molar-refractivity contribution in [3.8, 4) is 0 Å². The Bertz CT molecular complexity index is 470. The van der Waals surface area contributed by atoms with Gasteiger partial charge in [0.2, 0.25) is 5.91 Å². The Kier molecular flexibility index (Phi) is 18.1. The molecule has 1 fully saturated rings. The van der Waals surface area contributed by atoms with Crippen LogP contribution in [0.3, 0.4) is 0 Å². The number of aliphatic hydroxyl groups is 1. The summed E-state index contributed by atoms with van der Waals surface area (Å²) in [6.07, 6.45) is 23.1. The molecule has 0 saturated heterocycles. The van der Waals surface area contributed by atoms with Gasteiger partial charge in [-0.3, -0.25) is 4.79 Å². The molecule has 0 aromatic heterocycles. The Balaban J connectivity index is 2.49. The quantitative estimate of drug-likeness (QED) is 0.170. The van der Waals surface area contributed by atoms with Gasteiger partial charge in [-0.25, -0.2) is 0 Å². The predicted molar refractivity (Wildman–Crippen MR) is 140 cm³/mol. The average molecular weight is 468 g/mol. The van der Waals surface area contributed by atoms with E-state index in [0.717, 1.165) is 44.9 Å². The number of ether oxygens (including phenoxy) is 1. The van der Waals surface area contributed by atoms with Crippen LogP contribution in [0.15, 0.2) is 0 Å². The lowest BCUT2D eigenvalue weighted by molar-refractivity contribution is -0.134. The fourth-order valence-corrected chi connectivity index (χ4v) is 5.34. The first-order chi connectivity index (χ1) is 16.0. The molecule has 0 spiro atoms. The van der Waals surface area contributed by atoms with E-state index < -0.39 is 0 Å². The number of hydrogen-bond acceptors (Lipinski definition) is 3. The Morgan fingerprint density at radius 2 is 1.36 bits per heavy atom. The van der Waals surface area contributed by atoms with Crippen molar-refractivity contribution in [3.63, 3.8) is 0 Å². The van der Waals surface area contributed by atoms with Gasteiger partial charge in [0.25, 0.3) is 0 Å². The highest BCUT2D eigenvalue weighted by Gasteiger charge is 2.33. The maximum Gasteiger partial charge on any atom is 0.223 e. The molecule has 0 bridgehead atoms. The van der Waals surface area contributed by atoms with Crippen molar-refractivity contribution < 1.29 is 14.6 Å². The first-order valence-corrected chi connectivity index (χ1v) is 14.6. The van der Waals surface area contributed by atoms with Crippen molar-refractivity contribution in [2.45, 2.75) is 167 Å². The minimum absolute atomic E-state index is 0.0348. The fourth-order valence-electron chi connectivity index (χ4n) is 5.34. The Morgan fingerprint density at radius 3 is 1.97 bits per heavy atom. The third-order valence-electron chi connectivity index (χ3n) is 7.74. The van der Waals surface area contributed by atoms with E-state index in [0.29, 0.717) is 12.3 Å². The topological polar surface area (TPSA) is 72.6 Å². The van der Waals surface area contributed by atoms with Gasteiger partial charge in [-0.15, -0.1) is 0 Å². The molecule has 0 aliphatic heterocycles. The standard InChI is InChI=1S/C29H57NO3/c1-4-6-8-10-11-12-13-14-16-20-25(23-27(31)24(3)19-15-9-7-5-2)33-28-22-18-17-21-26(28)29(30)32/h24-28,31H,4-23H2,1-3H3,(H2,30,32)/t24-,25-,26-,27-,28+/m0/s1. The average Bonchev–Trinajstić information content (AvgIpc) is 2.80. The van der Waals surface area contributed by atoms with Crippen LogP contribution in [-0.4, -0.2) is 29.3 Å². The lowest BCUT2D eigenvalue weighted by Crippen LogP contribution is -2.40. The number of amides is 1. The van der Waals surface area contributed by atoms with Gasteiger partial charge in [0, 0.05) is 0 Å². The van der Waals surface area contributed by atoms with Crippen LogP contribution in [0.25, 0.3) is 0 Å². The van der Waals surface area contributed by atoms with Gasteiger partial charge in [-0.1, -0.05) is 117 Å². The van der Waals surface area contributed by atoms with Crippen LogP contribution < -0.4 is 5.73 Å². The summed E-state index contributed by atoms with van der Waals surface area (Å²) in [6.45, 7) is 6.68. The maximum atomic E-state index is 12.0. The molecule has 0 aromatic carbocycles. The van der Waals surface area contributed by atoms with E-state index in [1.54, 1.807) is 0 Å². The van der Waals surface area contributed by atoms with Crippen LogP contribution in [0.5, 0.6) is 0 Å². The summed E-state index contributed by atoms with van der Waals surface area (Å²) in [5, 5.41) is 10.9. The molecule has 1 saturated carbocycles. The molecule has 0 radical (unpaired) electrons. The highest BCUT2D eigenvalue weighted by molar-refractivity contribution is 5.77. The second-order valence-electron chi connectivity index (χ2n) is 10.8. The largest absolute Gasteiger partial charge is 0.393 e. The SMILES string of the molecule is CCCCCCCCCCC[C@@H](C[C@H](O)[C@@H](C)CCCCCC)O[C@@H]1CCCC[C@@H]1C(N)=O. The van der Waals surface area contributed by atoms with E-state index in [1.165, 1.54) is 77.0 Å². The van der Waals surface area contributed by atoms with Crippen molar-refractivity contribution in [3.05, 3.63) is 0 Å². The van der Waals surface area contributed by atoms with Crippen LogP contribution in [0.1, 0.15) is 149 Å². The zero-order valence-electron chi connectivity index (χ0n) is 22.4. The summed E-state index contributed by atoms with van der Waals surface area (Å²) in [7, 11) is 0. The minimum Gasteiger partial charge on any atom is -0.393 e. The van der Waals surface area contributed by atoms with Gasteiger partial charge in [-0.2, -0.15) is 0 Å². The van der Waals surface area contributed by atoms with Gasteiger partial charge >= 0.3 is 0 Å². The molecule has 3 N–H and O–H groups in total. The number of rotatable bonds is 21. The van der Waals surface area contributed by atoms with E-state index in [4.69, 9.17) is 10.5 Å². The summed E-state index contributed by atoms with van der Waals surface area (Å²) in [6, 6.07) is 0. The summed E-state index contributed by atoms with van der Waals surface area (Å²) in [5.41, 5.74) is 5.69. The van der Waals surface area contributed by atoms with Crippen molar-refractivity contribution in [2.75, 3.05) is 0 Å². The zero-order valence-corrected chi connectivity index (χ0v) is 22.4.